The second kappa shape index (κ2) is 8.50. The first-order valence-corrected chi connectivity index (χ1v) is 8.54. The predicted molar refractivity (Wildman–Crippen MR) is 86.8 cm³/mol. The summed E-state index contributed by atoms with van der Waals surface area (Å²) in [6.07, 6.45) is -1.86. The molecule has 0 spiro atoms. The molecule has 2 nitrogen and oxygen atoms in total. The Morgan fingerprint density at radius 3 is 2.20 bits per heavy atom. The van der Waals surface area contributed by atoms with Crippen LogP contribution in [-0.4, -0.2) is 12.1 Å². The van der Waals surface area contributed by atoms with E-state index in [4.69, 9.17) is 4.74 Å². The molecule has 0 atom stereocenters. The van der Waals surface area contributed by atoms with Gasteiger partial charge >= 0.3 is 12.1 Å². The van der Waals surface area contributed by atoms with Crippen LogP contribution in [0.25, 0.3) is 0 Å². The van der Waals surface area contributed by atoms with Crippen LogP contribution in [0, 0.1) is 11.8 Å². The van der Waals surface area contributed by atoms with Crippen LogP contribution in [0.15, 0.2) is 36.2 Å². The number of hydrogen-bond acceptors (Lipinski definition) is 2. The van der Waals surface area contributed by atoms with Gasteiger partial charge in [-0.25, -0.2) is 4.39 Å². The molecule has 1 aromatic carbocycles. The maximum Gasteiger partial charge on any atom is 0.412 e. The molecule has 0 aliphatic heterocycles. The Balaban J connectivity index is 1.85. The average Bonchev–Trinajstić information content (AvgIpc) is 2.55. The van der Waals surface area contributed by atoms with Crippen LogP contribution in [-0.2, 0) is 11.2 Å². The molecule has 138 valence electrons. The Morgan fingerprint density at radius 2 is 1.68 bits per heavy atom. The van der Waals surface area contributed by atoms with Crippen LogP contribution < -0.4 is 4.74 Å². The number of carbonyl (C=O) groups is 1. The van der Waals surface area contributed by atoms with Crippen molar-refractivity contribution in [3.8, 4) is 5.75 Å². The van der Waals surface area contributed by atoms with Crippen LogP contribution in [0.4, 0.5) is 17.6 Å². The van der Waals surface area contributed by atoms with Crippen molar-refractivity contribution >= 4 is 5.97 Å². The summed E-state index contributed by atoms with van der Waals surface area (Å²) in [7, 11) is 0. The van der Waals surface area contributed by atoms with Gasteiger partial charge in [0.15, 0.2) is 0 Å². The van der Waals surface area contributed by atoms with Crippen molar-refractivity contribution in [1.29, 1.82) is 0 Å². The molecule has 1 aliphatic rings. The van der Waals surface area contributed by atoms with E-state index in [0.717, 1.165) is 18.4 Å². The molecule has 0 amide bonds. The van der Waals surface area contributed by atoms with Crippen molar-refractivity contribution in [3.05, 3.63) is 41.7 Å². The fraction of sp³-hybridized carbons (Fsp3) is 0.526. The molecule has 0 unspecified atom stereocenters. The quantitative estimate of drug-likeness (QED) is 0.380. The van der Waals surface area contributed by atoms with Crippen molar-refractivity contribution in [2.24, 2.45) is 11.8 Å². The van der Waals surface area contributed by atoms with Gasteiger partial charge in [0.05, 0.1) is 12.0 Å². The normalized spacial score (nSPS) is 21.9. The molecule has 2 rings (SSSR count). The number of carbonyl (C=O) groups excluding carboxylic acids is 1. The summed E-state index contributed by atoms with van der Waals surface area (Å²) in [6.45, 7) is 2.08. The van der Waals surface area contributed by atoms with Gasteiger partial charge < -0.3 is 4.74 Å². The first-order valence-electron chi connectivity index (χ1n) is 8.54. The predicted octanol–water partition coefficient (Wildman–Crippen LogP) is 5.77. The number of allylic oxidation sites excluding steroid dienone is 2. The highest BCUT2D eigenvalue weighted by atomic mass is 19.4. The summed E-state index contributed by atoms with van der Waals surface area (Å²) in [6, 6.07) is 7.28. The van der Waals surface area contributed by atoms with Crippen LogP contribution in [0.5, 0.6) is 5.75 Å². The maximum absolute atomic E-state index is 13.6. The number of halogens is 4. The molecule has 0 bridgehead atoms. The van der Waals surface area contributed by atoms with E-state index in [1.165, 1.54) is 0 Å². The third-order valence-corrected chi connectivity index (χ3v) is 4.43. The lowest BCUT2D eigenvalue weighted by atomic mass is 9.81. The van der Waals surface area contributed by atoms with E-state index in [9.17, 15) is 22.4 Å². The van der Waals surface area contributed by atoms with E-state index >= 15 is 0 Å². The number of rotatable bonds is 5. The third kappa shape index (κ3) is 6.18. The van der Waals surface area contributed by atoms with E-state index < -0.39 is 29.8 Å². The number of benzene rings is 1. The molecule has 6 heteroatoms. The maximum atomic E-state index is 13.6. The van der Waals surface area contributed by atoms with Crippen molar-refractivity contribution in [3.63, 3.8) is 0 Å². The molecule has 0 saturated heterocycles. The zero-order valence-corrected chi connectivity index (χ0v) is 14.1. The highest BCUT2D eigenvalue weighted by molar-refractivity contribution is 5.75. The Morgan fingerprint density at radius 1 is 1.12 bits per heavy atom. The number of ether oxygens (including phenoxy) is 1. The molecule has 0 N–H and O–H groups in total. The minimum atomic E-state index is -4.65. The van der Waals surface area contributed by atoms with Crippen LogP contribution in [0.1, 0.15) is 44.6 Å². The molecule has 0 radical (unpaired) electrons. The fourth-order valence-electron chi connectivity index (χ4n) is 3.09. The molecule has 1 fully saturated rings. The second-order valence-electron chi connectivity index (χ2n) is 6.43. The van der Waals surface area contributed by atoms with Crippen LogP contribution >= 0.6 is 0 Å². The lowest BCUT2D eigenvalue weighted by Crippen LogP contribution is -2.26. The highest BCUT2D eigenvalue weighted by Gasteiger charge is 2.32. The van der Waals surface area contributed by atoms with Crippen molar-refractivity contribution in [2.45, 2.75) is 51.6 Å². The lowest BCUT2D eigenvalue weighted by molar-refractivity contribution is -0.140. The summed E-state index contributed by atoms with van der Waals surface area (Å²) in [5.74, 6) is -2.26. The van der Waals surface area contributed by atoms with Gasteiger partial charge in [0.1, 0.15) is 11.6 Å². The van der Waals surface area contributed by atoms with Crippen molar-refractivity contribution in [1.82, 2.24) is 0 Å². The summed E-state index contributed by atoms with van der Waals surface area (Å²) < 4.78 is 55.5. The van der Waals surface area contributed by atoms with Gasteiger partial charge in [0.2, 0.25) is 0 Å². The molecule has 0 aromatic heterocycles. The molecular weight excluding hydrogens is 336 g/mol. The third-order valence-electron chi connectivity index (χ3n) is 4.43. The summed E-state index contributed by atoms with van der Waals surface area (Å²) in [5, 5.41) is 0. The van der Waals surface area contributed by atoms with Crippen molar-refractivity contribution < 1.29 is 27.1 Å². The number of esters is 1. The van der Waals surface area contributed by atoms with Gasteiger partial charge in [-0.2, -0.15) is 13.2 Å². The largest absolute Gasteiger partial charge is 0.426 e. The molecule has 0 heterocycles. The van der Waals surface area contributed by atoms with E-state index in [0.29, 0.717) is 18.6 Å². The van der Waals surface area contributed by atoms with E-state index in [1.54, 1.807) is 12.1 Å². The Kier molecular flexibility index (Phi) is 6.62. The second-order valence-corrected chi connectivity index (χ2v) is 6.43. The van der Waals surface area contributed by atoms with Crippen molar-refractivity contribution in [2.75, 3.05) is 0 Å². The lowest BCUT2D eigenvalue weighted by Gasteiger charge is -2.26. The van der Waals surface area contributed by atoms with Gasteiger partial charge in [0, 0.05) is 5.92 Å². The standard InChI is InChI=1S/C19H22F4O2/c1-2-3-13-4-10-16(11-5-13)25-18(24)15-8-6-14(7-9-15)17(20)12-19(21,22)23/h4-5,10-12,14-15H,2-3,6-9H2,1H3. The van der Waals surface area contributed by atoms with Gasteiger partial charge in [-0.1, -0.05) is 25.5 Å². The van der Waals surface area contributed by atoms with Gasteiger partial charge in [-0.15, -0.1) is 0 Å². The monoisotopic (exact) mass is 358 g/mol. The zero-order valence-electron chi connectivity index (χ0n) is 14.1. The Bertz CT molecular complexity index is 597. The zero-order chi connectivity index (χ0) is 18.4. The van der Waals surface area contributed by atoms with E-state index in [1.807, 2.05) is 12.1 Å². The molecule has 1 aromatic rings. The van der Waals surface area contributed by atoms with E-state index in [-0.39, 0.29) is 18.9 Å². The average molecular weight is 358 g/mol. The summed E-state index contributed by atoms with van der Waals surface area (Å²) in [5.41, 5.74) is 1.16. The first-order chi connectivity index (χ1) is 11.8. The molecule has 1 aliphatic carbocycles. The van der Waals surface area contributed by atoms with E-state index in [2.05, 4.69) is 6.92 Å². The summed E-state index contributed by atoms with van der Waals surface area (Å²) in [4.78, 5) is 12.2. The smallest absolute Gasteiger partial charge is 0.412 e. The van der Waals surface area contributed by atoms with Crippen LogP contribution in [0.3, 0.4) is 0 Å². The van der Waals surface area contributed by atoms with Gasteiger partial charge in [-0.3, -0.25) is 4.79 Å². The summed E-state index contributed by atoms with van der Waals surface area (Å²) >= 11 is 0. The topological polar surface area (TPSA) is 26.3 Å². The number of hydrogen-bond donors (Lipinski definition) is 0. The molecule has 25 heavy (non-hydrogen) atoms. The minimum absolute atomic E-state index is 0.216. The number of alkyl halides is 3. The highest BCUT2D eigenvalue weighted by Crippen LogP contribution is 2.36. The first kappa shape index (κ1) is 19.5. The van der Waals surface area contributed by atoms with Gasteiger partial charge in [-0.05, 0) is 49.8 Å². The number of aryl methyl sites for hydroxylation is 1. The SMILES string of the molecule is CCCc1ccc(OC(=O)C2CCC(C(F)=CC(F)(F)F)CC2)cc1. The van der Waals surface area contributed by atoms with Crippen LogP contribution in [0.2, 0.25) is 0 Å². The Hall–Kier alpha value is -1.85. The Labute approximate surface area is 144 Å². The molecular formula is C19H22F4O2. The minimum Gasteiger partial charge on any atom is -0.426 e. The fourth-order valence-corrected chi connectivity index (χ4v) is 3.09. The molecule has 1 saturated carbocycles. The van der Waals surface area contributed by atoms with Gasteiger partial charge in [0.25, 0.3) is 0 Å².